The summed E-state index contributed by atoms with van der Waals surface area (Å²) in [4.78, 5) is 25.0. The van der Waals surface area contributed by atoms with E-state index in [2.05, 4.69) is 10.1 Å². The molecule has 0 saturated heterocycles. The van der Waals surface area contributed by atoms with E-state index in [1.807, 2.05) is 18.9 Å². The van der Waals surface area contributed by atoms with Crippen molar-refractivity contribution in [2.24, 2.45) is 5.92 Å². The fourth-order valence-electron chi connectivity index (χ4n) is 1.91. The molecule has 0 bridgehead atoms. The van der Waals surface area contributed by atoms with Crippen LogP contribution >= 0.6 is 0 Å². The second-order valence-electron chi connectivity index (χ2n) is 4.66. The Bertz CT molecular complexity index is 502. The number of methoxy groups -OCH3 is 1. The summed E-state index contributed by atoms with van der Waals surface area (Å²) in [6.07, 6.45) is 0. The molecule has 0 aromatic heterocycles. The molecule has 0 aliphatic rings. The Morgan fingerprint density at radius 2 is 2.10 bits per heavy atom. The van der Waals surface area contributed by atoms with E-state index < -0.39 is 5.97 Å². The third-order valence-corrected chi connectivity index (χ3v) is 3.12. The molecule has 1 aromatic rings. The molecule has 0 spiro atoms. The lowest BCUT2D eigenvalue weighted by Crippen LogP contribution is -2.34. The molecule has 1 rings (SSSR count). The summed E-state index contributed by atoms with van der Waals surface area (Å²) in [5.74, 6) is -0.665. The van der Waals surface area contributed by atoms with Gasteiger partial charge in [-0.3, -0.25) is 4.79 Å². The number of nitrogen functional groups attached to an aromatic ring is 1. The van der Waals surface area contributed by atoms with Crippen molar-refractivity contribution in [1.29, 1.82) is 0 Å². The molecule has 1 aromatic carbocycles. The smallest absolute Gasteiger partial charge is 0.340 e. The minimum atomic E-state index is -0.475. The number of ether oxygens (including phenoxy) is 1. The van der Waals surface area contributed by atoms with Gasteiger partial charge in [-0.1, -0.05) is 6.92 Å². The molecule has 0 saturated carbocycles. The lowest BCUT2D eigenvalue weighted by Gasteiger charge is -2.23. The number of rotatable bonds is 5. The third kappa shape index (κ3) is 3.63. The molecule has 1 amide bonds. The first-order valence-corrected chi connectivity index (χ1v) is 6.31. The predicted molar refractivity (Wildman–Crippen MR) is 78.7 cm³/mol. The van der Waals surface area contributed by atoms with Crippen molar-refractivity contribution < 1.29 is 14.3 Å². The molecule has 6 heteroatoms. The van der Waals surface area contributed by atoms with Crippen LogP contribution in [0.5, 0.6) is 0 Å². The molecule has 3 N–H and O–H groups in total. The van der Waals surface area contributed by atoms with Gasteiger partial charge in [0.25, 0.3) is 0 Å². The maximum atomic E-state index is 11.6. The van der Waals surface area contributed by atoms with E-state index in [1.54, 1.807) is 25.2 Å². The van der Waals surface area contributed by atoms with Crippen LogP contribution in [0.2, 0.25) is 0 Å². The van der Waals surface area contributed by atoms with Crippen LogP contribution in [-0.2, 0) is 9.53 Å². The minimum Gasteiger partial charge on any atom is -0.465 e. The zero-order valence-electron chi connectivity index (χ0n) is 12.3. The normalized spacial score (nSPS) is 11.6. The van der Waals surface area contributed by atoms with Crippen LogP contribution in [-0.4, -0.2) is 39.6 Å². The Balaban J connectivity index is 2.91. The van der Waals surface area contributed by atoms with E-state index in [1.165, 1.54) is 7.11 Å². The number of amides is 1. The fraction of sp³-hybridized carbons (Fsp3) is 0.429. The standard InChI is InChI=1S/C14H21N3O3/c1-9(13(18)16-2)8-17(3)10-5-6-12(15)11(7-10)14(19)20-4/h5-7,9H,8,15H2,1-4H3,(H,16,18). The first-order chi connectivity index (χ1) is 9.40. The molecular weight excluding hydrogens is 258 g/mol. The number of anilines is 2. The van der Waals surface area contributed by atoms with Gasteiger partial charge in [0.15, 0.2) is 0 Å². The van der Waals surface area contributed by atoms with Gasteiger partial charge in [0, 0.05) is 32.0 Å². The summed E-state index contributed by atoms with van der Waals surface area (Å²) in [6, 6.07) is 5.12. The van der Waals surface area contributed by atoms with Crippen molar-refractivity contribution in [2.45, 2.75) is 6.92 Å². The quantitative estimate of drug-likeness (QED) is 0.617. The summed E-state index contributed by atoms with van der Waals surface area (Å²) in [5.41, 5.74) is 7.25. The largest absolute Gasteiger partial charge is 0.465 e. The van der Waals surface area contributed by atoms with E-state index >= 15 is 0 Å². The number of esters is 1. The van der Waals surface area contributed by atoms with Crippen molar-refractivity contribution in [3.05, 3.63) is 23.8 Å². The Labute approximate surface area is 118 Å². The molecule has 110 valence electrons. The van der Waals surface area contributed by atoms with Gasteiger partial charge in [-0.05, 0) is 18.2 Å². The summed E-state index contributed by atoms with van der Waals surface area (Å²) in [7, 11) is 4.77. The number of nitrogens with one attached hydrogen (secondary N) is 1. The van der Waals surface area contributed by atoms with Crippen molar-refractivity contribution >= 4 is 23.3 Å². The van der Waals surface area contributed by atoms with E-state index in [4.69, 9.17) is 5.73 Å². The summed E-state index contributed by atoms with van der Waals surface area (Å²) in [5, 5.41) is 2.61. The average Bonchev–Trinajstić information content (AvgIpc) is 2.45. The zero-order chi connectivity index (χ0) is 15.3. The second-order valence-corrected chi connectivity index (χ2v) is 4.66. The van der Waals surface area contributed by atoms with Crippen molar-refractivity contribution in [3.8, 4) is 0 Å². The van der Waals surface area contributed by atoms with Crippen molar-refractivity contribution in [3.63, 3.8) is 0 Å². The van der Waals surface area contributed by atoms with Gasteiger partial charge in [-0.2, -0.15) is 0 Å². The molecule has 0 fully saturated rings. The Morgan fingerprint density at radius 3 is 2.65 bits per heavy atom. The Morgan fingerprint density at radius 1 is 1.45 bits per heavy atom. The molecule has 1 atom stereocenters. The molecule has 0 aliphatic heterocycles. The first-order valence-electron chi connectivity index (χ1n) is 6.31. The van der Waals surface area contributed by atoms with Gasteiger partial charge < -0.3 is 20.7 Å². The summed E-state index contributed by atoms with van der Waals surface area (Å²) in [6.45, 7) is 2.37. The van der Waals surface area contributed by atoms with Gasteiger partial charge in [0.1, 0.15) is 0 Å². The summed E-state index contributed by atoms with van der Waals surface area (Å²) < 4.78 is 4.69. The van der Waals surface area contributed by atoms with Crippen molar-refractivity contribution in [2.75, 3.05) is 38.4 Å². The highest BCUT2D eigenvalue weighted by Crippen LogP contribution is 2.22. The van der Waals surface area contributed by atoms with Crippen LogP contribution in [0.1, 0.15) is 17.3 Å². The number of hydrogen-bond acceptors (Lipinski definition) is 5. The second kappa shape index (κ2) is 6.79. The molecule has 20 heavy (non-hydrogen) atoms. The number of carbonyl (C=O) groups is 2. The highest BCUT2D eigenvalue weighted by Gasteiger charge is 2.16. The van der Waals surface area contributed by atoms with E-state index in [0.29, 0.717) is 17.8 Å². The average molecular weight is 279 g/mol. The Kier molecular flexibility index (Phi) is 5.37. The lowest BCUT2D eigenvalue weighted by atomic mass is 10.1. The highest BCUT2D eigenvalue weighted by atomic mass is 16.5. The number of carbonyl (C=O) groups excluding carboxylic acids is 2. The predicted octanol–water partition coefficient (Wildman–Crippen LogP) is 0.874. The monoisotopic (exact) mass is 279 g/mol. The van der Waals surface area contributed by atoms with Crippen LogP contribution in [0.3, 0.4) is 0 Å². The molecule has 1 unspecified atom stereocenters. The molecule has 0 radical (unpaired) electrons. The van der Waals surface area contributed by atoms with Crippen LogP contribution in [0.4, 0.5) is 11.4 Å². The molecular formula is C14H21N3O3. The van der Waals surface area contributed by atoms with Crippen LogP contribution in [0.25, 0.3) is 0 Å². The maximum absolute atomic E-state index is 11.6. The SMILES string of the molecule is CNC(=O)C(C)CN(C)c1ccc(N)c(C(=O)OC)c1. The molecule has 0 heterocycles. The molecule has 6 nitrogen and oxygen atoms in total. The topological polar surface area (TPSA) is 84.7 Å². The minimum absolute atomic E-state index is 0.0273. The van der Waals surface area contributed by atoms with Crippen LogP contribution in [0, 0.1) is 5.92 Å². The first kappa shape index (κ1) is 15.8. The fourth-order valence-corrected chi connectivity index (χ4v) is 1.91. The lowest BCUT2D eigenvalue weighted by molar-refractivity contribution is -0.123. The molecule has 0 aliphatic carbocycles. The van der Waals surface area contributed by atoms with Gasteiger partial charge >= 0.3 is 5.97 Å². The van der Waals surface area contributed by atoms with Crippen LogP contribution in [0.15, 0.2) is 18.2 Å². The van der Waals surface area contributed by atoms with Gasteiger partial charge in [0.05, 0.1) is 18.6 Å². The van der Waals surface area contributed by atoms with Gasteiger partial charge in [0.2, 0.25) is 5.91 Å². The zero-order valence-corrected chi connectivity index (χ0v) is 12.3. The summed E-state index contributed by atoms with van der Waals surface area (Å²) >= 11 is 0. The van der Waals surface area contributed by atoms with Crippen molar-refractivity contribution in [1.82, 2.24) is 5.32 Å². The Hall–Kier alpha value is -2.24. The van der Waals surface area contributed by atoms with Gasteiger partial charge in [-0.15, -0.1) is 0 Å². The van der Waals surface area contributed by atoms with Gasteiger partial charge in [-0.25, -0.2) is 4.79 Å². The number of nitrogens with two attached hydrogens (primary N) is 1. The van der Waals surface area contributed by atoms with Crippen LogP contribution < -0.4 is 16.0 Å². The highest BCUT2D eigenvalue weighted by molar-refractivity contribution is 5.96. The maximum Gasteiger partial charge on any atom is 0.340 e. The third-order valence-electron chi connectivity index (χ3n) is 3.12. The van der Waals surface area contributed by atoms with E-state index in [9.17, 15) is 9.59 Å². The number of hydrogen-bond donors (Lipinski definition) is 2. The number of benzene rings is 1. The van der Waals surface area contributed by atoms with E-state index in [0.717, 1.165) is 5.69 Å². The van der Waals surface area contributed by atoms with E-state index in [-0.39, 0.29) is 11.8 Å². The number of nitrogens with zero attached hydrogens (tertiary/aromatic N) is 1.